The van der Waals surface area contributed by atoms with Crippen molar-refractivity contribution in [2.75, 3.05) is 20.2 Å². The Morgan fingerprint density at radius 3 is 2.41 bits per heavy atom. The van der Waals surface area contributed by atoms with E-state index in [0.717, 1.165) is 0 Å². The highest BCUT2D eigenvalue weighted by Gasteiger charge is 2.25. The molecule has 7 heteroatoms. The lowest BCUT2D eigenvalue weighted by Gasteiger charge is -2.20. The molecule has 0 aliphatic rings. The first-order chi connectivity index (χ1) is 12.8. The fourth-order valence-electron chi connectivity index (χ4n) is 2.88. The van der Waals surface area contributed by atoms with Crippen molar-refractivity contribution in [2.45, 2.75) is 13.8 Å². The Labute approximate surface area is 156 Å². The van der Waals surface area contributed by atoms with Gasteiger partial charge in [0.2, 0.25) is 0 Å². The number of aromatic amines is 1. The van der Waals surface area contributed by atoms with Crippen molar-refractivity contribution in [1.29, 1.82) is 0 Å². The van der Waals surface area contributed by atoms with Gasteiger partial charge >= 0.3 is 5.97 Å². The lowest BCUT2D eigenvalue weighted by molar-refractivity contribution is 0.0593. The Morgan fingerprint density at radius 2 is 1.85 bits per heavy atom. The van der Waals surface area contributed by atoms with Gasteiger partial charge in [-0.1, -0.05) is 6.08 Å². The summed E-state index contributed by atoms with van der Waals surface area (Å²) in [7, 11) is 1.26. The van der Waals surface area contributed by atoms with Gasteiger partial charge in [-0.25, -0.2) is 9.18 Å². The van der Waals surface area contributed by atoms with Crippen LogP contribution in [-0.4, -0.2) is 47.7 Å². The number of carbonyl (C=O) groups excluding carboxylic acids is 3. The number of ether oxygens (including phenoxy) is 1. The highest BCUT2D eigenvalue weighted by molar-refractivity contribution is 6.05. The molecule has 0 unspecified atom stereocenters. The number of hydrogen-bond acceptors (Lipinski definition) is 4. The van der Waals surface area contributed by atoms with Crippen molar-refractivity contribution < 1.29 is 23.5 Å². The molecule has 0 aliphatic carbocycles. The topological polar surface area (TPSA) is 79.5 Å². The lowest BCUT2D eigenvalue weighted by atomic mass is 10.0. The Morgan fingerprint density at radius 1 is 1.22 bits per heavy atom. The van der Waals surface area contributed by atoms with Gasteiger partial charge < -0.3 is 14.6 Å². The van der Waals surface area contributed by atoms with Crippen LogP contribution < -0.4 is 0 Å². The van der Waals surface area contributed by atoms with Gasteiger partial charge in [-0.2, -0.15) is 0 Å². The fourth-order valence-corrected chi connectivity index (χ4v) is 2.88. The molecule has 0 saturated heterocycles. The third kappa shape index (κ3) is 4.31. The number of nitrogens with one attached hydrogen (secondary N) is 1. The second-order valence-electron chi connectivity index (χ2n) is 6.02. The maximum Gasteiger partial charge on any atom is 0.354 e. The van der Waals surface area contributed by atoms with E-state index in [-0.39, 0.29) is 30.1 Å². The van der Waals surface area contributed by atoms with Gasteiger partial charge in [0.15, 0.2) is 5.78 Å². The number of amides is 1. The first kappa shape index (κ1) is 20.1. The minimum Gasteiger partial charge on any atom is -0.464 e. The molecular weight excluding hydrogens is 351 g/mol. The van der Waals surface area contributed by atoms with Gasteiger partial charge in [0, 0.05) is 23.4 Å². The molecule has 1 heterocycles. The Hall–Kier alpha value is -3.22. The summed E-state index contributed by atoms with van der Waals surface area (Å²) in [6.07, 6.45) is 1.51. The van der Waals surface area contributed by atoms with E-state index in [1.54, 1.807) is 13.8 Å². The molecule has 1 aromatic carbocycles. The second-order valence-corrected chi connectivity index (χ2v) is 6.02. The molecule has 1 aromatic heterocycles. The average Bonchev–Trinajstić information content (AvgIpc) is 2.95. The molecule has 6 nitrogen and oxygen atoms in total. The SMILES string of the molecule is C=CCN(CC(=O)c1c(C)[nH]c(C(=O)OC)c1C)C(=O)c1ccc(F)cc1. The largest absolute Gasteiger partial charge is 0.464 e. The smallest absolute Gasteiger partial charge is 0.354 e. The molecule has 0 atom stereocenters. The molecule has 1 amide bonds. The number of H-pyrrole nitrogens is 1. The van der Waals surface area contributed by atoms with Crippen molar-refractivity contribution in [3.05, 3.63) is 70.8 Å². The summed E-state index contributed by atoms with van der Waals surface area (Å²) in [4.78, 5) is 41.5. The molecule has 0 aliphatic heterocycles. The normalized spacial score (nSPS) is 10.4. The summed E-state index contributed by atoms with van der Waals surface area (Å²) in [6.45, 7) is 6.87. The van der Waals surface area contributed by atoms with E-state index < -0.39 is 17.7 Å². The lowest BCUT2D eigenvalue weighted by Crippen LogP contribution is -2.36. The van der Waals surface area contributed by atoms with Crippen LogP contribution in [0.3, 0.4) is 0 Å². The molecule has 0 spiro atoms. The minimum absolute atomic E-state index is 0.147. The molecule has 0 radical (unpaired) electrons. The molecule has 27 heavy (non-hydrogen) atoms. The van der Waals surface area contributed by atoms with Crippen LogP contribution in [0.1, 0.15) is 42.5 Å². The molecular formula is C20H21FN2O4. The van der Waals surface area contributed by atoms with E-state index in [4.69, 9.17) is 4.74 Å². The van der Waals surface area contributed by atoms with Crippen molar-refractivity contribution in [3.8, 4) is 0 Å². The van der Waals surface area contributed by atoms with Crippen LogP contribution in [0.25, 0.3) is 0 Å². The molecule has 2 aromatic rings. The minimum atomic E-state index is -0.569. The number of aryl methyl sites for hydroxylation is 1. The Kier molecular flexibility index (Phi) is 6.28. The van der Waals surface area contributed by atoms with E-state index in [0.29, 0.717) is 16.8 Å². The molecule has 2 rings (SSSR count). The van der Waals surface area contributed by atoms with Gasteiger partial charge in [0.05, 0.1) is 13.7 Å². The summed E-state index contributed by atoms with van der Waals surface area (Å²) in [5, 5.41) is 0. The van der Waals surface area contributed by atoms with Crippen LogP contribution in [0.2, 0.25) is 0 Å². The van der Waals surface area contributed by atoms with Gasteiger partial charge in [-0.15, -0.1) is 6.58 Å². The van der Waals surface area contributed by atoms with Crippen molar-refractivity contribution in [3.63, 3.8) is 0 Å². The number of ketones is 1. The average molecular weight is 372 g/mol. The standard InChI is InChI=1S/C20H21FN2O4/c1-5-10-23(19(25)14-6-8-15(21)9-7-14)11-16(24)17-12(2)18(20(26)27-4)22-13(17)3/h5-9,22H,1,10-11H2,2-4H3. The Balaban J connectivity index is 2.29. The molecule has 0 saturated carbocycles. The van der Waals surface area contributed by atoms with E-state index in [2.05, 4.69) is 11.6 Å². The zero-order valence-electron chi connectivity index (χ0n) is 15.5. The number of halogens is 1. The van der Waals surface area contributed by atoms with Crippen molar-refractivity contribution in [1.82, 2.24) is 9.88 Å². The highest BCUT2D eigenvalue weighted by atomic mass is 19.1. The quantitative estimate of drug-likeness (QED) is 0.460. The van der Waals surface area contributed by atoms with Crippen molar-refractivity contribution in [2.24, 2.45) is 0 Å². The van der Waals surface area contributed by atoms with E-state index in [9.17, 15) is 18.8 Å². The second kappa shape index (κ2) is 8.44. The summed E-state index contributed by atoms with van der Waals surface area (Å²) in [5.41, 5.74) is 1.81. The summed E-state index contributed by atoms with van der Waals surface area (Å²) < 4.78 is 17.8. The number of hydrogen-bond donors (Lipinski definition) is 1. The number of carbonyl (C=O) groups is 3. The number of benzene rings is 1. The van der Waals surface area contributed by atoms with E-state index in [1.165, 1.54) is 42.4 Å². The van der Waals surface area contributed by atoms with Gasteiger partial charge in [0.25, 0.3) is 5.91 Å². The van der Waals surface area contributed by atoms with Gasteiger partial charge in [-0.3, -0.25) is 9.59 Å². The monoisotopic (exact) mass is 372 g/mol. The number of aromatic nitrogens is 1. The maximum absolute atomic E-state index is 13.1. The third-order valence-electron chi connectivity index (χ3n) is 4.17. The molecule has 142 valence electrons. The molecule has 0 bridgehead atoms. The van der Waals surface area contributed by atoms with Crippen LogP contribution in [0.4, 0.5) is 4.39 Å². The third-order valence-corrected chi connectivity index (χ3v) is 4.17. The number of nitrogens with zero attached hydrogens (tertiary/aromatic N) is 1. The predicted octanol–water partition coefficient (Wildman–Crippen LogP) is 3.07. The Bertz CT molecular complexity index is 884. The van der Waals surface area contributed by atoms with E-state index >= 15 is 0 Å². The summed E-state index contributed by atoms with van der Waals surface area (Å²) in [5.74, 6) is -1.76. The van der Waals surface area contributed by atoms with Crippen LogP contribution in [-0.2, 0) is 4.74 Å². The van der Waals surface area contributed by atoms with Crippen LogP contribution in [0, 0.1) is 19.7 Å². The number of Topliss-reactive ketones (excluding diaryl/α,β-unsaturated/α-hetero) is 1. The number of rotatable bonds is 7. The predicted molar refractivity (Wildman–Crippen MR) is 98.4 cm³/mol. The first-order valence-electron chi connectivity index (χ1n) is 8.26. The fraction of sp³-hybridized carbons (Fsp3) is 0.250. The molecule has 0 fully saturated rings. The number of esters is 1. The van der Waals surface area contributed by atoms with E-state index in [1.807, 2.05) is 0 Å². The summed E-state index contributed by atoms with van der Waals surface area (Å²) >= 11 is 0. The van der Waals surface area contributed by atoms with Crippen molar-refractivity contribution >= 4 is 17.7 Å². The van der Waals surface area contributed by atoms with Gasteiger partial charge in [-0.05, 0) is 43.7 Å². The maximum atomic E-state index is 13.1. The van der Waals surface area contributed by atoms with Gasteiger partial charge in [0.1, 0.15) is 11.5 Å². The van der Waals surface area contributed by atoms with Crippen LogP contribution in [0.5, 0.6) is 0 Å². The summed E-state index contributed by atoms with van der Waals surface area (Å²) in [6, 6.07) is 5.09. The zero-order valence-corrected chi connectivity index (χ0v) is 15.5. The molecule has 1 N–H and O–H groups in total. The highest BCUT2D eigenvalue weighted by Crippen LogP contribution is 2.20. The first-order valence-corrected chi connectivity index (χ1v) is 8.26. The van der Waals surface area contributed by atoms with Crippen LogP contribution in [0.15, 0.2) is 36.9 Å². The zero-order chi connectivity index (χ0) is 20.1. The van der Waals surface area contributed by atoms with Crippen LogP contribution >= 0.6 is 0 Å². The number of methoxy groups -OCH3 is 1.